The summed E-state index contributed by atoms with van der Waals surface area (Å²) in [7, 11) is 0. The molecule has 0 aliphatic carbocycles. The van der Waals surface area contributed by atoms with Gasteiger partial charge < -0.3 is 16.0 Å². The summed E-state index contributed by atoms with van der Waals surface area (Å²) in [6.45, 7) is 5.95. The van der Waals surface area contributed by atoms with Crippen molar-refractivity contribution in [3.05, 3.63) is 35.5 Å². The second-order valence-corrected chi connectivity index (χ2v) is 5.62. The Morgan fingerprint density at radius 3 is 2.95 bits per heavy atom. The van der Waals surface area contributed by atoms with Crippen molar-refractivity contribution in [3.8, 4) is 0 Å². The SMILES string of the molecule is Cc1cc2cc(CNCC(C)CCC(N)=O)ccc2[nH]1. The summed E-state index contributed by atoms with van der Waals surface area (Å²) in [5.74, 6) is 0.242. The smallest absolute Gasteiger partial charge is 0.217 e. The molecule has 4 nitrogen and oxygen atoms in total. The average molecular weight is 273 g/mol. The van der Waals surface area contributed by atoms with Crippen molar-refractivity contribution in [3.63, 3.8) is 0 Å². The fourth-order valence-corrected chi connectivity index (χ4v) is 2.39. The molecule has 4 heteroatoms. The third kappa shape index (κ3) is 4.10. The maximum atomic E-state index is 10.7. The first-order valence-corrected chi connectivity index (χ1v) is 7.12. The van der Waals surface area contributed by atoms with Crippen LogP contribution in [0.2, 0.25) is 0 Å². The van der Waals surface area contributed by atoms with Crippen LogP contribution in [0.1, 0.15) is 31.0 Å². The van der Waals surface area contributed by atoms with Gasteiger partial charge in [-0.15, -0.1) is 0 Å². The van der Waals surface area contributed by atoms with Crippen LogP contribution in [0.3, 0.4) is 0 Å². The minimum absolute atomic E-state index is 0.217. The molecule has 2 rings (SSSR count). The number of aryl methyl sites for hydroxylation is 1. The maximum Gasteiger partial charge on any atom is 0.217 e. The number of nitrogens with two attached hydrogens (primary N) is 1. The van der Waals surface area contributed by atoms with Crippen LogP contribution in [0.5, 0.6) is 0 Å². The number of carbonyl (C=O) groups excluding carboxylic acids is 1. The van der Waals surface area contributed by atoms with Gasteiger partial charge in [0, 0.05) is 24.2 Å². The summed E-state index contributed by atoms with van der Waals surface area (Å²) in [6, 6.07) is 8.63. The molecule has 1 unspecified atom stereocenters. The van der Waals surface area contributed by atoms with E-state index in [1.54, 1.807) is 0 Å². The van der Waals surface area contributed by atoms with Gasteiger partial charge in [0.25, 0.3) is 0 Å². The third-order valence-corrected chi connectivity index (χ3v) is 3.53. The van der Waals surface area contributed by atoms with E-state index in [0.717, 1.165) is 19.5 Å². The summed E-state index contributed by atoms with van der Waals surface area (Å²) in [6.07, 6.45) is 1.32. The monoisotopic (exact) mass is 273 g/mol. The first kappa shape index (κ1) is 14.6. The van der Waals surface area contributed by atoms with E-state index in [1.807, 2.05) is 0 Å². The third-order valence-electron chi connectivity index (χ3n) is 3.53. The Bertz CT molecular complexity index is 588. The molecule has 0 radical (unpaired) electrons. The molecule has 0 saturated heterocycles. The van der Waals surface area contributed by atoms with Crippen LogP contribution in [0, 0.1) is 12.8 Å². The van der Waals surface area contributed by atoms with Gasteiger partial charge in [0.1, 0.15) is 0 Å². The van der Waals surface area contributed by atoms with E-state index in [2.05, 4.69) is 48.4 Å². The predicted molar refractivity (Wildman–Crippen MR) is 82.3 cm³/mol. The lowest BCUT2D eigenvalue weighted by Crippen LogP contribution is -2.22. The summed E-state index contributed by atoms with van der Waals surface area (Å²) in [4.78, 5) is 14.0. The van der Waals surface area contributed by atoms with Crippen LogP contribution in [-0.2, 0) is 11.3 Å². The van der Waals surface area contributed by atoms with Gasteiger partial charge in [-0.3, -0.25) is 4.79 Å². The van der Waals surface area contributed by atoms with Crippen molar-refractivity contribution in [2.75, 3.05) is 6.54 Å². The first-order valence-electron chi connectivity index (χ1n) is 7.12. The summed E-state index contributed by atoms with van der Waals surface area (Å²) in [5.41, 5.74) is 8.80. The number of carbonyl (C=O) groups is 1. The van der Waals surface area contributed by atoms with Crippen molar-refractivity contribution >= 4 is 16.8 Å². The molecular formula is C16H23N3O. The zero-order chi connectivity index (χ0) is 14.5. The lowest BCUT2D eigenvalue weighted by atomic mass is 10.1. The number of hydrogen-bond acceptors (Lipinski definition) is 2. The molecule has 108 valence electrons. The lowest BCUT2D eigenvalue weighted by molar-refractivity contribution is -0.118. The van der Waals surface area contributed by atoms with Crippen LogP contribution in [0.15, 0.2) is 24.3 Å². The molecule has 0 saturated carbocycles. The van der Waals surface area contributed by atoms with E-state index >= 15 is 0 Å². The lowest BCUT2D eigenvalue weighted by Gasteiger charge is -2.11. The number of aromatic amines is 1. The highest BCUT2D eigenvalue weighted by Crippen LogP contribution is 2.16. The molecule has 0 bridgehead atoms. The van der Waals surface area contributed by atoms with Crippen LogP contribution in [0.4, 0.5) is 0 Å². The minimum Gasteiger partial charge on any atom is -0.370 e. The summed E-state index contributed by atoms with van der Waals surface area (Å²) in [5, 5.41) is 4.69. The Hall–Kier alpha value is -1.81. The number of benzene rings is 1. The van der Waals surface area contributed by atoms with E-state index < -0.39 is 0 Å². The molecule has 1 heterocycles. The van der Waals surface area contributed by atoms with Crippen molar-refractivity contribution in [2.45, 2.75) is 33.2 Å². The summed E-state index contributed by atoms with van der Waals surface area (Å²) >= 11 is 0. The van der Waals surface area contributed by atoms with Crippen molar-refractivity contribution in [1.29, 1.82) is 0 Å². The van der Waals surface area contributed by atoms with Crippen molar-refractivity contribution in [2.24, 2.45) is 11.7 Å². The average Bonchev–Trinajstić information content (AvgIpc) is 2.75. The van der Waals surface area contributed by atoms with Gasteiger partial charge in [-0.2, -0.15) is 0 Å². The topological polar surface area (TPSA) is 70.9 Å². The Morgan fingerprint density at radius 1 is 1.40 bits per heavy atom. The van der Waals surface area contributed by atoms with E-state index in [4.69, 9.17) is 5.73 Å². The standard InChI is InChI=1S/C16H23N3O/c1-11(3-6-16(17)20)9-18-10-13-4-5-15-14(8-13)7-12(2)19-15/h4-5,7-8,11,18-19H,3,6,9-10H2,1-2H3,(H2,17,20). The van der Waals surface area contributed by atoms with Crippen LogP contribution < -0.4 is 11.1 Å². The number of primary amides is 1. The highest BCUT2D eigenvalue weighted by molar-refractivity contribution is 5.81. The van der Waals surface area contributed by atoms with E-state index in [0.29, 0.717) is 12.3 Å². The molecule has 0 fully saturated rings. The van der Waals surface area contributed by atoms with E-state index in [9.17, 15) is 4.79 Å². The van der Waals surface area contributed by atoms with Crippen LogP contribution in [-0.4, -0.2) is 17.4 Å². The molecule has 0 aliphatic rings. The minimum atomic E-state index is -0.217. The molecule has 4 N–H and O–H groups in total. The largest absolute Gasteiger partial charge is 0.370 e. The van der Waals surface area contributed by atoms with Crippen molar-refractivity contribution in [1.82, 2.24) is 10.3 Å². The molecule has 0 spiro atoms. The molecule has 20 heavy (non-hydrogen) atoms. The number of nitrogens with one attached hydrogen (secondary N) is 2. The molecule has 0 aliphatic heterocycles. The molecular weight excluding hydrogens is 250 g/mol. The van der Waals surface area contributed by atoms with Gasteiger partial charge in [-0.05, 0) is 55.0 Å². The second-order valence-electron chi connectivity index (χ2n) is 5.62. The van der Waals surface area contributed by atoms with Gasteiger partial charge in [-0.25, -0.2) is 0 Å². The number of rotatable bonds is 7. The highest BCUT2D eigenvalue weighted by Gasteiger charge is 2.04. The van der Waals surface area contributed by atoms with Gasteiger partial charge in [0.15, 0.2) is 0 Å². The number of fused-ring (bicyclic) bond motifs is 1. The van der Waals surface area contributed by atoms with Gasteiger partial charge in [-0.1, -0.05) is 13.0 Å². The second kappa shape index (κ2) is 6.57. The number of amides is 1. The Morgan fingerprint density at radius 2 is 2.20 bits per heavy atom. The molecule has 1 atom stereocenters. The fourth-order valence-electron chi connectivity index (χ4n) is 2.39. The number of hydrogen-bond donors (Lipinski definition) is 3. The Balaban J connectivity index is 1.81. The van der Waals surface area contributed by atoms with E-state index in [1.165, 1.54) is 22.2 Å². The maximum absolute atomic E-state index is 10.7. The molecule has 1 amide bonds. The number of H-pyrrole nitrogens is 1. The highest BCUT2D eigenvalue weighted by atomic mass is 16.1. The fraction of sp³-hybridized carbons (Fsp3) is 0.438. The zero-order valence-electron chi connectivity index (χ0n) is 12.2. The zero-order valence-corrected chi connectivity index (χ0v) is 12.2. The van der Waals surface area contributed by atoms with Crippen LogP contribution in [0.25, 0.3) is 10.9 Å². The van der Waals surface area contributed by atoms with Crippen LogP contribution >= 0.6 is 0 Å². The first-order chi connectivity index (χ1) is 9.54. The Kier molecular flexibility index (Phi) is 4.79. The van der Waals surface area contributed by atoms with Crippen molar-refractivity contribution < 1.29 is 4.79 Å². The van der Waals surface area contributed by atoms with Gasteiger partial charge >= 0.3 is 0 Å². The van der Waals surface area contributed by atoms with E-state index in [-0.39, 0.29) is 5.91 Å². The molecule has 1 aromatic heterocycles. The summed E-state index contributed by atoms with van der Waals surface area (Å²) < 4.78 is 0. The van der Waals surface area contributed by atoms with Gasteiger partial charge in [0.05, 0.1) is 0 Å². The Labute approximate surface area is 119 Å². The normalized spacial score (nSPS) is 12.7. The van der Waals surface area contributed by atoms with Gasteiger partial charge in [0.2, 0.25) is 5.91 Å². The molecule has 2 aromatic rings. The predicted octanol–water partition coefficient (Wildman–Crippen LogP) is 2.47. The number of aromatic nitrogens is 1. The molecule has 1 aromatic carbocycles. The quantitative estimate of drug-likeness (QED) is 0.725.